The summed E-state index contributed by atoms with van der Waals surface area (Å²) in [4.78, 5) is 54.4. The van der Waals surface area contributed by atoms with Crippen molar-refractivity contribution in [2.45, 2.75) is 35.5 Å². The molecule has 1 saturated carbocycles. The van der Waals surface area contributed by atoms with Crippen molar-refractivity contribution < 1.29 is 23.9 Å². The Labute approximate surface area is 235 Å². The van der Waals surface area contributed by atoms with Crippen molar-refractivity contribution in [3.63, 3.8) is 0 Å². The molecule has 36 heavy (non-hydrogen) atoms. The zero-order valence-electron chi connectivity index (χ0n) is 19.3. The average molecular weight is 661 g/mol. The molecule has 1 heterocycles. The highest BCUT2D eigenvalue weighted by Gasteiger charge is 2.55. The standard InChI is InChI=1S/C25H22Br2Cl2N2O5/c1-12(22(32)13-3-6-15(36-2)7-4-13)30(23(33)14-5-8-20(28)21(29)9-14)31-24(34)16-10-18(26)19(27)11-17(16)25(31)35/h3-9,12,16-19H,10-11H2,1-2H3/t12-,16+,17+,18-,19-/m0/s1. The number of carbonyl (C=O) groups is 4. The van der Waals surface area contributed by atoms with Gasteiger partial charge in [0.25, 0.3) is 17.7 Å². The van der Waals surface area contributed by atoms with Gasteiger partial charge in [-0.25, -0.2) is 5.01 Å². The monoisotopic (exact) mass is 658 g/mol. The third kappa shape index (κ3) is 4.95. The molecule has 0 spiro atoms. The molecule has 2 fully saturated rings. The number of halogens is 4. The van der Waals surface area contributed by atoms with Crippen molar-refractivity contribution in [3.05, 3.63) is 63.6 Å². The van der Waals surface area contributed by atoms with Gasteiger partial charge in [-0.1, -0.05) is 55.1 Å². The van der Waals surface area contributed by atoms with Crippen molar-refractivity contribution in [3.8, 4) is 5.75 Å². The van der Waals surface area contributed by atoms with E-state index in [9.17, 15) is 19.2 Å². The second-order valence-electron chi connectivity index (χ2n) is 8.75. The fraction of sp³-hybridized carbons (Fsp3) is 0.360. The maximum Gasteiger partial charge on any atom is 0.273 e. The summed E-state index contributed by atoms with van der Waals surface area (Å²) < 4.78 is 5.15. The molecule has 1 aliphatic carbocycles. The van der Waals surface area contributed by atoms with Gasteiger partial charge in [0.15, 0.2) is 5.78 Å². The minimum absolute atomic E-state index is 0.00646. The molecule has 0 N–H and O–H groups in total. The molecule has 0 aromatic heterocycles. The molecule has 1 aliphatic heterocycles. The van der Waals surface area contributed by atoms with Crippen LogP contribution in [-0.4, -0.2) is 56.3 Å². The first kappa shape index (κ1) is 27.1. The molecule has 0 bridgehead atoms. The molecule has 1 saturated heterocycles. The van der Waals surface area contributed by atoms with Gasteiger partial charge in [-0.15, -0.1) is 0 Å². The van der Waals surface area contributed by atoms with Crippen LogP contribution in [0.5, 0.6) is 5.75 Å². The van der Waals surface area contributed by atoms with Crippen molar-refractivity contribution in [2.75, 3.05) is 7.11 Å². The van der Waals surface area contributed by atoms with E-state index in [2.05, 4.69) is 31.9 Å². The van der Waals surface area contributed by atoms with Gasteiger partial charge in [-0.2, -0.15) is 5.01 Å². The molecule has 7 nitrogen and oxygen atoms in total. The predicted molar refractivity (Wildman–Crippen MR) is 143 cm³/mol. The van der Waals surface area contributed by atoms with Crippen LogP contribution in [0.1, 0.15) is 40.5 Å². The number of ketones is 1. The molecule has 3 amide bonds. The van der Waals surface area contributed by atoms with Crippen molar-refractivity contribution >= 4 is 78.6 Å². The Bertz CT molecular complexity index is 1200. The summed E-state index contributed by atoms with van der Waals surface area (Å²) in [7, 11) is 1.51. The molecule has 0 radical (unpaired) electrons. The molecule has 2 aromatic rings. The quantitative estimate of drug-likeness (QED) is 0.231. The number of methoxy groups -OCH3 is 1. The van der Waals surface area contributed by atoms with E-state index >= 15 is 0 Å². The van der Waals surface area contributed by atoms with Crippen molar-refractivity contribution in [1.82, 2.24) is 10.0 Å². The SMILES string of the molecule is COc1ccc(C(=O)[C@H](C)N(C(=O)c2ccc(Cl)c(Cl)c2)N2C(=O)[C@@H]3C[C@H](Br)[C@@H](Br)C[C@H]3C2=O)cc1. The van der Waals surface area contributed by atoms with E-state index in [0.29, 0.717) is 24.2 Å². The van der Waals surface area contributed by atoms with E-state index < -0.39 is 41.4 Å². The third-order valence-corrected chi connectivity index (χ3v) is 10.1. The summed E-state index contributed by atoms with van der Waals surface area (Å²) in [6.45, 7) is 1.49. The summed E-state index contributed by atoms with van der Waals surface area (Å²) in [6, 6.07) is 9.45. The molecule has 11 heteroatoms. The van der Waals surface area contributed by atoms with Crippen LogP contribution in [0, 0.1) is 11.8 Å². The Kier molecular flexibility index (Phi) is 8.14. The summed E-state index contributed by atoms with van der Waals surface area (Å²) in [6.07, 6.45) is 0.856. The van der Waals surface area contributed by atoms with Gasteiger partial charge in [0.05, 0.1) is 29.0 Å². The van der Waals surface area contributed by atoms with Gasteiger partial charge in [-0.3, -0.25) is 19.2 Å². The van der Waals surface area contributed by atoms with Gasteiger partial charge < -0.3 is 4.74 Å². The molecular weight excluding hydrogens is 639 g/mol. The first-order valence-electron chi connectivity index (χ1n) is 11.2. The van der Waals surface area contributed by atoms with Gasteiger partial charge >= 0.3 is 0 Å². The number of benzene rings is 2. The molecule has 5 atom stereocenters. The van der Waals surface area contributed by atoms with Crippen LogP contribution >= 0.6 is 55.1 Å². The fourth-order valence-corrected chi connectivity index (χ4v) is 6.13. The summed E-state index contributed by atoms with van der Waals surface area (Å²) >= 11 is 19.3. The normalized spacial score (nSPS) is 24.3. The largest absolute Gasteiger partial charge is 0.497 e. The third-order valence-electron chi connectivity index (χ3n) is 6.60. The number of hydrogen-bond donors (Lipinski definition) is 0. The lowest BCUT2D eigenvalue weighted by molar-refractivity contribution is -0.156. The minimum Gasteiger partial charge on any atom is -0.497 e. The van der Waals surface area contributed by atoms with Crippen LogP contribution in [0.4, 0.5) is 0 Å². The second-order valence-corrected chi connectivity index (χ2v) is 11.9. The Morgan fingerprint density at radius 3 is 1.97 bits per heavy atom. The molecule has 2 aromatic carbocycles. The van der Waals surface area contributed by atoms with E-state index in [-0.39, 0.29) is 25.3 Å². The smallest absolute Gasteiger partial charge is 0.273 e. The fourth-order valence-electron chi connectivity index (χ4n) is 4.60. The summed E-state index contributed by atoms with van der Waals surface area (Å²) in [5.74, 6) is -2.79. The molecule has 0 unspecified atom stereocenters. The zero-order chi connectivity index (χ0) is 26.3. The number of carbonyl (C=O) groups excluding carboxylic acids is 4. The van der Waals surface area contributed by atoms with Crippen LogP contribution in [0.15, 0.2) is 42.5 Å². The highest BCUT2D eigenvalue weighted by molar-refractivity contribution is 9.12. The van der Waals surface area contributed by atoms with Crippen molar-refractivity contribution in [2.24, 2.45) is 11.8 Å². The number of ether oxygens (including phenoxy) is 1. The van der Waals surface area contributed by atoms with Crippen molar-refractivity contribution in [1.29, 1.82) is 0 Å². The zero-order valence-corrected chi connectivity index (χ0v) is 24.0. The van der Waals surface area contributed by atoms with Crippen LogP contribution in [-0.2, 0) is 9.59 Å². The maximum absolute atomic E-state index is 13.8. The number of imide groups is 1. The van der Waals surface area contributed by atoms with E-state index in [0.717, 1.165) is 10.0 Å². The number of hydrazine groups is 1. The molecule has 2 aliphatic rings. The van der Waals surface area contributed by atoms with Gasteiger partial charge in [0, 0.05) is 20.8 Å². The number of fused-ring (bicyclic) bond motifs is 1. The molecule has 190 valence electrons. The number of nitrogens with zero attached hydrogens (tertiary/aromatic N) is 2. The molecule has 4 rings (SSSR count). The molecular formula is C25H22Br2Cl2N2O5. The highest BCUT2D eigenvalue weighted by Crippen LogP contribution is 2.44. The topological polar surface area (TPSA) is 84.0 Å². The number of amides is 3. The van der Waals surface area contributed by atoms with Gasteiger partial charge in [0.2, 0.25) is 0 Å². The van der Waals surface area contributed by atoms with Crippen LogP contribution in [0.3, 0.4) is 0 Å². The van der Waals surface area contributed by atoms with Gasteiger partial charge in [-0.05, 0) is 62.2 Å². The Balaban J connectivity index is 1.75. The summed E-state index contributed by atoms with van der Waals surface area (Å²) in [5, 5.41) is 2.19. The van der Waals surface area contributed by atoms with Crippen LogP contribution in [0.25, 0.3) is 0 Å². The maximum atomic E-state index is 13.8. The number of rotatable bonds is 6. The summed E-state index contributed by atoms with van der Waals surface area (Å²) in [5.41, 5.74) is 0.388. The van der Waals surface area contributed by atoms with E-state index in [1.807, 2.05) is 0 Å². The minimum atomic E-state index is -1.17. The predicted octanol–water partition coefficient (Wildman–Crippen LogP) is 5.55. The number of Topliss-reactive ketones (excluding diaryl/α,β-unsaturated/α-hetero) is 1. The highest BCUT2D eigenvalue weighted by atomic mass is 79.9. The van der Waals surface area contributed by atoms with Gasteiger partial charge in [0.1, 0.15) is 11.8 Å². The number of hydrogen-bond acceptors (Lipinski definition) is 5. The average Bonchev–Trinajstić information content (AvgIpc) is 3.10. The lowest BCUT2D eigenvalue weighted by Crippen LogP contribution is -2.56. The Hall–Kier alpha value is -1.94. The van der Waals surface area contributed by atoms with E-state index in [1.165, 1.54) is 32.2 Å². The van der Waals surface area contributed by atoms with Crippen LogP contribution < -0.4 is 4.74 Å². The lowest BCUT2D eigenvalue weighted by Gasteiger charge is -2.34. The second kappa shape index (κ2) is 10.8. The van der Waals surface area contributed by atoms with Crippen LogP contribution in [0.2, 0.25) is 10.0 Å². The Morgan fingerprint density at radius 2 is 1.47 bits per heavy atom. The number of alkyl halides is 2. The lowest BCUT2D eigenvalue weighted by atomic mass is 9.81. The Morgan fingerprint density at radius 1 is 0.944 bits per heavy atom. The van der Waals surface area contributed by atoms with E-state index in [4.69, 9.17) is 27.9 Å². The first-order valence-corrected chi connectivity index (χ1v) is 13.8. The first-order chi connectivity index (χ1) is 17.0. The van der Waals surface area contributed by atoms with E-state index in [1.54, 1.807) is 24.3 Å².